The Kier molecular flexibility index (Phi) is 5.60. The first-order valence-electron chi connectivity index (χ1n) is 6.81. The number of carbonyl (C=O) groups excluding carboxylic acids is 1. The van der Waals surface area contributed by atoms with Crippen LogP contribution in [0, 0.1) is 5.41 Å². The number of carboxylic acid groups (broad SMARTS) is 1. The Labute approximate surface area is 114 Å². The van der Waals surface area contributed by atoms with Gasteiger partial charge in [0.25, 0.3) is 0 Å². The summed E-state index contributed by atoms with van der Waals surface area (Å²) < 4.78 is 0. The van der Waals surface area contributed by atoms with Crippen LogP contribution in [0.15, 0.2) is 0 Å². The average Bonchev–Trinajstić information content (AvgIpc) is 2.72. The second-order valence-corrected chi connectivity index (χ2v) is 5.50. The minimum atomic E-state index is -0.832. The minimum Gasteiger partial charge on any atom is -0.481 e. The third-order valence-corrected chi connectivity index (χ3v) is 4.01. The zero-order chi connectivity index (χ0) is 14.5. The van der Waals surface area contributed by atoms with E-state index in [1.54, 1.807) is 18.9 Å². The van der Waals surface area contributed by atoms with Crippen LogP contribution in [0.5, 0.6) is 0 Å². The first-order valence-corrected chi connectivity index (χ1v) is 6.81. The Hall–Kier alpha value is -1.30. The standard InChI is InChI=1S/C13H25N3O3/c1-13(11(17)18)7-4-6-10(13)15-12(19)16(3)9-5-8-14-2/h10,14H,4-9H2,1-3H3,(H,15,19)(H,17,18). The fourth-order valence-corrected chi connectivity index (χ4v) is 2.51. The topological polar surface area (TPSA) is 81.7 Å². The van der Waals surface area contributed by atoms with Gasteiger partial charge in [0.1, 0.15) is 0 Å². The highest BCUT2D eigenvalue weighted by atomic mass is 16.4. The van der Waals surface area contributed by atoms with Gasteiger partial charge in [-0.25, -0.2) is 4.79 Å². The maximum atomic E-state index is 12.0. The molecule has 1 rings (SSSR count). The highest BCUT2D eigenvalue weighted by Gasteiger charge is 2.46. The van der Waals surface area contributed by atoms with E-state index >= 15 is 0 Å². The Bertz CT molecular complexity index is 335. The average molecular weight is 271 g/mol. The summed E-state index contributed by atoms with van der Waals surface area (Å²) in [5.74, 6) is -0.826. The number of carboxylic acids is 1. The van der Waals surface area contributed by atoms with E-state index < -0.39 is 11.4 Å². The molecule has 6 nitrogen and oxygen atoms in total. The molecule has 19 heavy (non-hydrogen) atoms. The zero-order valence-electron chi connectivity index (χ0n) is 12.0. The Morgan fingerprint density at radius 3 is 2.74 bits per heavy atom. The number of hydrogen-bond donors (Lipinski definition) is 3. The van der Waals surface area contributed by atoms with Crippen molar-refractivity contribution in [2.75, 3.05) is 27.2 Å². The van der Waals surface area contributed by atoms with Gasteiger partial charge in [-0.05, 0) is 39.8 Å². The Balaban J connectivity index is 2.49. The number of urea groups is 1. The molecule has 0 bridgehead atoms. The van der Waals surface area contributed by atoms with Crippen LogP contribution in [0.2, 0.25) is 0 Å². The second kappa shape index (κ2) is 6.75. The van der Waals surface area contributed by atoms with Crippen molar-refractivity contribution in [3.63, 3.8) is 0 Å². The van der Waals surface area contributed by atoms with Gasteiger partial charge in [-0.3, -0.25) is 4.79 Å². The van der Waals surface area contributed by atoms with Crippen molar-refractivity contribution in [2.24, 2.45) is 5.41 Å². The molecule has 0 heterocycles. The smallest absolute Gasteiger partial charge is 0.317 e. The number of carbonyl (C=O) groups is 2. The fourth-order valence-electron chi connectivity index (χ4n) is 2.51. The molecule has 0 aliphatic heterocycles. The van der Waals surface area contributed by atoms with E-state index in [2.05, 4.69) is 10.6 Å². The molecule has 0 spiro atoms. The lowest BCUT2D eigenvalue weighted by Gasteiger charge is -2.29. The number of hydrogen-bond acceptors (Lipinski definition) is 3. The zero-order valence-corrected chi connectivity index (χ0v) is 12.0. The summed E-state index contributed by atoms with van der Waals surface area (Å²) in [7, 11) is 3.61. The van der Waals surface area contributed by atoms with E-state index in [9.17, 15) is 14.7 Å². The monoisotopic (exact) mass is 271 g/mol. The summed E-state index contributed by atoms with van der Waals surface area (Å²) in [5.41, 5.74) is -0.832. The van der Waals surface area contributed by atoms with E-state index in [1.807, 2.05) is 7.05 Å². The molecule has 0 saturated heterocycles. The van der Waals surface area contributed by atoms with Gasteiger partial charge < -0.3 is 20.6 Å². The van der Waals surface area contributed by atoms with E-state index in [0.29, 0.717) is 13.0 Å². The molecule has 6 heteroatoms. The van der Waals surface area contributed by atoms with Crippen molar-refractivity contribution in [3.8, 4) is 0 Å². The van der Waals surface area contributed by atoms with E-state index in [1.165, 1.54) is 0 Å². The number of aliphatic carboxylic acids is 1. The van der Waals surface area contributed by atoms with Crippen molar-refractivity contribution >= 4 is 12.0 Å². The largest absolute Gasteiger partial charge is 0.481 e. The van der Waals surface area contributed by atoms with Gasteiger partial charge >= 0.3 is 12.0 Å². The lowest BCUT2D eigenvalue weighted by Crippen LogP contribution is -2.50. The molecule has 2 amide bonds. The molecule has 1 aliphatic rings. The molecule has 1 saturated carbocycles. The number of amides is 2. The minimum absolute atomic E-state index is 0.185. The van der Waals surface area contributed by atoms with Crippen LogP contribution in [0.4, 0.5) is 4.79 Å². The molecular weight excluding hydrogens is 246 g/mol. The Morgan fingerprint density at radius 1 is 1.47 bits per heavy atom. The maximum Gasteiger partial charge on any atom is 0.317 e. The summed E-state index contributed by atoms with van der Waals surface area (Å²) in [5, 5.41) is 15.2. The molecule has 1 fully saturated rings. The van der Waals surface area contributed by atoms with Crippen molar-refractivity contribution in [3.05, 3.63) is 0 Å². The number of rotatable bonds is 6. The van der Waals surface area contributed by atoms with Crippen molar-refractivity contribution in [2.45, 2.75) is 38.6 Å². The van der Waals surface area contributed by atoms with Gasteiger partial charge in [0, 0.05) is 19.6 Å². The third-order valence-electron chi connectivity index (χ3n) is 4.01. The number of nitrogens with one attached hydrogen (secondary N) is 2. The number of nitrogens with zero attached hydrogens (tertiary/aromatic N) is 1. The Morgan fingerprint density at radius 2 is 2.16 bits per heavy atom. The fraction of sp³-hybridized carbons (Fsp3) is 0.846. The van der Waals surface area contributed by atoms with Gasteiger partial charge in [0.05, 0.1) is 5.41 Å². The normalized spacial score (nSPS) is 26.2. The molecule has 3 N–H and O–H groups in total. The van der Waals surface area contributed by atoms with Gasteiger partial charge in [-0.15, -0.1) is 0 Å². The first-order chi connectivity index (χ1) is 8.91. The highest BCUT2D eigenvalue weighted by Crippen LogP contribution is 2.38. The molecule has 110 valence electrons. The second-order valence-electron chi connectivity index (χ2n) is 5.50. The van der Waals surface area contributed by atoms with Gasteiger partial charge in [-0.1, -0.05) is 6.42 Å². The van der Waals surface area contributed by atoms with Crippen LogP contribution in [0.25, 0.3) is 0 Å². The molecule has 0 aromatic heterocycles. The van der Waals surface area contributed by atoms with Crippen molar-refractivity contribution in [1.82, 2.24) is 15.5 Å². The lowest BCUT2D eigenvalue weighted by molar-refractivity contribution is -0.148. The predicted molar refractivity (Wildman–Crippen MR) is 73.1 cm³/mol. The SMILES string of the molecule is CNCCCN(C)C(=O)NC1CCCC1(C)C(=O)O. The van der Waals surface area contributed by atoms with Gasteiger partial charge in [-0.2, -0.15) is 0 Å². The summed E-state index contributed by atoms with van der Waals surface area (Å²) in [4.78, 5) is 24.9. The summed E-state index contributed by atoms with van der Waals surface area (Å²) in [6.45, 7) is 3.23. The van der Waals surface area contributed by atoms with Crippen LogP contribution in [0.3, 0.4) is 0 Å². The molecule has 0 radical (unpaired) electrons. The molecule has 0 aromatic carbocycles. The van der Waals surface area contributed by atoms with Crippen LogP contribution in [-0.4, -0.2) is 55.2 Å². The molecule has 1 aliphatic carbocycles. The van der Waals surface area contributed by atoms with Crippen molar-refractivity contribution in [1.29, 1.82) is 0 Å². The van der Waals surface area contributed by atoms with Gasteiger partial charge in [0.15, 0.2) is 0 Å². The summed E-state index contributed by atoms with van der Waals surface area (Å²) >= 11 is 0. The van der Waals surface area contributed by atoms with E-state index in [4.69, 9.17) is 0 Å². The molecule has 2 unspecified atom stereocenters. The van der Waals surface area contributed by atoms with Gasteiger partial charge in [0.2, 0.25) is 0 Å². The van der Waals surface area contributed by atoms with Crippen LogP contribution in [-0.2, 0) is 4.79 Å². The molecular formula is C13H25N3O3. The lowest BCUT2D eigenvalue weighted by atomic mass is 9.85. The van der Waals surface area contributed by atoms with Crippen molar-refractivity contribution < 1.29 is 14.7 Å². The maximum absolute atomic E-state index is 12.0. The van der Waals surface area contributed by atoms with E-state index in [0.717, 1.165) is 25.8 Å². The van der Waals surface area contributed by atoms with E-state index in [-0.39, 0.29) is 12.1 Å². The predicted octanol–water partition coefficient (Wildman–Crippen LogP) is 0.881. The first kappa shape index (κ1) is 15.8. The van der Waals surface area contributed by atoms with Crippen LogP contribution >= 0.6 is 0 Å². The van der Waals surface area contributed by atoms with Crippen LogP contribution in [0.1, 0.15) is 32.6 Å². The highest BCUT2D eigenvalue weighted by molar-refractivity contribution is 5.79. The third kappa shape index (κ3) is 3.83. The molecule has 0 aromatic rings. The van der Waals surface area contributed by atoms with Crippen LogP contribution < -0.4 is 10.6 Å². The summed E-state index contributed by atoms with van der Waals surface area (Å²) in [6.07, 6.45) is 3.08. The molecule has 2 atom stereocenters. The summed E-state index contributed by atoms with van der Waals surface area (Å²) in [6, 6.07) is -0.459. The quantitative estimate of drug-likeness (QED) is 0.626.